The number of nitrogens with zero attached hydrogens (tertiary/aromatic N) is 4. The molecular weight excluding hydrogens is 352 g/mol. The Kier molecular flexibility index (Phi) is 4.24. The first kappa shape index (κ1) is 17.2. The molecule has 3 atom stereocenters. The molecule has 4 heterocycles. The first-order valence-corrected chi connectivity index (χ1v) is 9.82. The largest absolute Gasteiger partial charge is 0.507 e. The number of phenols is 1. The minimum Gasteiger partial charge on any atom is -0.507 e. The molecule has 0 amide bonds. The van der Waals surface area contributed by atoms with Crippen LogP contribution in [0.25, 0.3) is 22.4 Å². The standard InChI is InChI=1S/C21H24N6O/c1-27(17-9-15-3-4-16(10-17)24-15)21-7-6-19(25-26-21)18-5-2-13(8-20(18)28)14-11-22-23-12-14/h2,5-8,11-12,15-17,24,28H,3-4,9-10H2,1H3,(H,22,23)/t15-,16?,17-/m0/s1. The van der Waals surface area contributed by atoms with Crippen LogP contribution in [-0.2, 0) is 0 Å². The van der Waals surface area contributed by atoms with Gasteiger partial charge in [0.1, 0.15) is 5.75 Å². The first-order valence-electron chi connectivity index (χ1n) is 9.82. The zero-order valence-corrected chi connectivity index (χ0v) is 15.8. The zero-order chi connectivity index (χ0) is 19.1. The predicted molar refractivity (Wildman–Crippen MR) is 108 cm³/mol. The van der Waals surface area contributed by atoms with Gasteiger partial charge in [-0.25, -0.2) is 0 Å². The van der Waals surface area contributed by atoms with E-state index < -0.39 is 0 Å². The third kappa shape index (κ3) is 3.11. The van der Waals surface area contributed by atoms with Crippen molar-refractivity contribution in [3.8, 4) is 28.1 Å². The number of piperidine rings is 1. The molecule has 2 aliphatic rings. The van der Waals surface area contributed by atoms with Gasteiger partial charge in [0, 0.05) is 42.5 Å². The third-order valence-corrected chi connectivity index (χ3v) is 6.11. The van der Waals surface area contributed by atoms with Crippen LogP contribution in [0.3, 0.4) is 0 Å². The van der Waals surface area contributed by atoms with E-state index in [2.05, 4.69) is 37.7 Å². The highest BCUT2D eigenvalue weighted by Crippen LogP contribution is 2.33. The van der Waals surface area contributed by atoms with Gasteiger partial charge in [0.25, 0.3) is 0 Å². The SMILES string of the molecule is CN(c1ccc(-c2ccc(-c3cn[nH]c3)cc2O)nn1)[C@@H]1CC2CC[C@@H](C1)N2. The summed E-state index contributed by atoms with van der Waals surface area (Å²) in [5, 5.41) is 29.7. The molecule has 28 heavy (non-hydrogen) atoms. The highest BCUT2D eigenvalue weighted by Gasteiger charge is 2.35. The molecule has 7 nitrogen and oxygen atoms in total. The molecule has 5 rings (SSSR count). The fourth-order valence-electron chi connectivity index (χ4n) is 4.52. The van der Waals surface area contributed by atoms with Gasteiger partial charge in [-0.15, -0.1) is 10.2 Å². The van der Waals surface area contributed by atoms with Crippen molar-refractivity contribution >= 4 is 5.82 Å². The maximum Gasteiger partial charge on any atom is 0.151 e. The molecule has 2 saturated heterocycles. The molecule has 1 unspecified atom stereocenters. The third-order valence-electron chi connectivity index (χ3n) is 6.11. The minimum atomic E-state index is 0.184. The number of fused-ring (bicyclic) bond motifs is 2. The van der Waals surface area contributed by atoms with Crippen molar-refractivity contribution in [2.75, 3.05) is 11.9 Å². The second kappa shape index (κ2) is 6.91. The van der Waals surface area contributed by atoms with Crippen LogP contribution in [0.4, 0.5) is 5.82 Å². The summed E-state index contributed by atoms with van der Waals surface area (Å²) in [5.41, 5.74) is 3.17. The summed E-state index contributed by atoms with van der Waals surface area (Å²) >= 11 is 0. The molecule has 2 fully saturated rings. The Balaban J connectivity index is 1.35. The van der Waals surface area contributed by atoms with Crippen molar-refractivity contribution in [3.05, 3.63) is 42.7 Å². The highest BCUT2D eigenvalue weighted by molar-refractivity contribution is 5.73. The first-order chi connectivity index (χ1) is 13.7. The van der Waals surface area contributed by atoms with E-state index >= 15 is 0 Å². The molecule has 7 heteroatoms. The van der Waals surface area contributed by atoms with Crippen molar-refractivity contribution in [3.63, 3.8) is 0 Å². The Morgan fingerprint density at radius 2 is 1.86 bits per heavy atom. The lowest BCUT2D eigenvalue weighted by Crippen LogP contribution is -2.47. The normalized spacial score (nSPS) is 23.7. The van der Waals surface area contributed by atoms with Crippen molar-refractivity contribution in [2.45, 2.75) is 43.8 Å². The molecule has 0 saturated carbocycles. The average molecular weight is 376 g/mol. The molecule has 2 aliphatic heterocycles. The van der Waals surface area contributed by atoms with Crippen LogP contribution in [0, 0.1) is 0 Å². The maximum absolute atomic E-state index is 10.5. The number of phenolic OH excluding ortho intramolecular Hbond substituents is 1. The van der Waals surface area contributed by atoms with Crippen LogP contribution < -0.4 is 10.2 Å². The Labute approximate surface area is 163 Å². The smallest absolute Gasteiger partial charge is 0.151 e. The predicted octanol–water partition coefficient (Wildman–Crippen LogP) is 2.96. The number of rotatable bonds is 4. The van der Waals surface area contributed by atoms with Gasteiger partial charge in [0.15, 0.2) is 5.82 Å². The van der Waals surface area contributed by atoms with E-state index in [0.29, 0.717) is 29.4 Å². The number of aromatic amines is 1. The number of aromatic hydroxyl groups is 1. The summed E-state index contributed by atoms with van der Waals surface area (Å²) in [4.78, 5) is 2.25. The summed E-state index contributed by atoms with van der Waals surface area (Å²) in [6.45, 7) is 0. The number of aromatic nitrogens is 4. The van der Waals surface area contributed by atoms with Crippen LogP contribution >= 0.6 is 0 Å². The highest BCUT2D eigenvalue weighted by atomic mass is 16.3. The number of anilines is 1. The van der Waals surface area contributed by atoms with E-state index in [1.807, 2.05) is 24.3 Å². The minimum absolute atomic E-state index is 0.184. The van der Waals surface area contributed by atoms with Crippen molar-refractivity contribution in [1.82, 2.24) is 25.7 Å². The van der Waals surface area contributed by atoms with Crippen LogP contribution in [0.2, 0.25) is 0 Å². The van der Waals surface area contributed by atoms with Crippen molar-refractivity contribution in [1.29, 1.82) is 0 Å². The molecule has 0 aliphatic carbocycles. The van der Waals surface area contributed by atoms with Crippen LogP contribution in [0.5, 0.6) is 5.75 Å². The van der Waals surface area contributed by atoms with E-state index in [4.69, 9.17) is 0 Å². The van der Waals surface area contributed by atoms with Crippen LogP contribution in [-0.4, -0.2) is 50.7 Å². The molecule has 3 aromatic rings. The van der Waals surface area contributed by atoms with Gasteiger partial charge in [-0.05, 0) is 55.5 Å². The zero-order valence-electron chi connectivity index (χ0n) is 15.8. The van der Waals surface area contributed by atoms with Crippen LogP contribution in [0.1, 0.15) is 25.7 Å². The Bertz CT molecular complexity index is 944. The summed E-state index contributed by atoms with van der Waals surface area (Å²) in [6, 6.07) is 11.3. The second-order valence-corrected chi connectivity index (χ2v) is 7.87. The van der Waals surface area contributed by atoms with E-state index in [0.717, 1.165) is 29.8 Å². The number of nitrogens with one attached hydrogen (secondary N) is 2. The van der Waals surface area contributed by atoms with Gasteiger partial charge in [-0.2, -0.15) is 5.10 Å². The summed E-state index contributed by atoms with van der Waals surface area (Å²) in [5.74, 6) is 1.06. The van der Waals surface area contributed by atoms with E-state index in [1.54, 1.807) is 18.5 Å². The Morgan fingerprint density at radius 3 is 2.50 bits per heavy atom. The fourth-order valence-corrected chi connectivity index (χ4v) is 4.52. The number of hydrogen-bond donors (Lipinski definition) is 3. The molecule has 2 aromatic heterocycles. The van der Waals surface area contributed by atoms with E-state index in [1.165, 1.54) is 12.8 Å². The van der Waals surface area contributed by atoms with Gasteiger partial charge >= 0.3 is 0 Å². The second-order valence-electron chi connectivity index (χ2n) is 7.87. The van der Waals surface area contributed by atoms with Gasteiger partial charge in [0.05, 0.1) is 11.9 Å². The van der Waals surface area contributed by atoms with Crippen molar-refractivity contribution in [2.24, 2.45) is 0 Å². The number of H-pyrrole nitrogens is 1. The van der Waals surface area contributed by atoms with Gasteiger partial charge in [-0.3, -0.25) is 5.10 Å². The van der Waals surface area contributed by atoms with Gasteiger partial charge < -0.3 is 15.3 Å². The van der Waals surface area contributed by atoms with Crippen LogP contribution in [0.15, 0.2) is 42.7 Å². The summed E-state index contributed by atoms with van der Waals surface area (Å²) < 4.78 is 0. The lowest BCUT2D eigenvalue weighted by molar-refractivity contribution is 0.353. The summed E-state index contributed by atoms with van der Waals surface area (Å²) in [6.07, 6.45) is 8.42. The van der Waals surface area contributed by atoms with Crippen molar-refractivity contribution < 1.29 is 5.11 Å². The lowest BCUT2D eigenvalue weighted by atomic mass is 9.98. The van der Waals surface area contributed by atoms with Gasteiger partial charge in [-0.1, -0.05) is 6.07 Å². The molecule has 2 bridgehead atoms. The fraction of sp³-hybridized carbons (Fsp3) is 0.381. The monoisotopic (exact) mass is 376 g/mol. The molecule has 0 spiro atoms. The molecule has 144 valence electrons. The topological polar surface area (TPSA) is 90.0 Å². The molecule has 3 N–H and O–H groups in total. The average Bonchev–Trinajstić information content (AvgIpc) is 3.37. The van der Waals surface area contributed by atoms with E-state index in [9.17, 15) is 5.11 Å². The maximum atomic E-state index is 10.5. The number of benzene rings is 1. The van der Waals surface area contributed by atoms with Gasteiger partial charge in [0.2, 0.25) is 0 Å². The number of hydrogen-bond acceptors (Lipinski definition) is 6. The van der Waals surface area contributed by atoms with E-state index in [-0.39, 0.29) is 5.75 Å². The quantitative estimate of drug-likeness (QED) is 0.649. The molecule has 1 aromatic carbocycles. The Morgan fingerprint density at radius 1 is 1.04 bits per heavy atom. The molecular formula is C21H24N6O. The lowest BCUT2D eigenvalue weighted by Gasteiger charge is -2.36. The molecule has 0 radical (unpaired) electrons. The Hall–Kier alpha value is -2.93. The summed E-state index contributed by atoms with van der Waals surface area (Å²) in [7, 11) is 2.11.